The predicted octanol–water partition coefficient (Wildman–Crippen LogP) is 2.24. The van der Waals surface area contributed by atoms with Gasteiger partial charge < -0.3 is 5.32 Å². The van der Waals surface area contributed by atoms with E-state index in [1.807, 2.05) is 6.07 Å². The summed E-state index contributed by atoms with van der Waals surface area (Å²) in [6, 6.07) is 5.76. The molecule has 0 saturated carbocycles. The lowest BCUT2D eigenvalue weighted by Gasteiger charge is -2.05. The normalized spacial score (nSPS) is 9.94. The lowest BCUT2D eigenvalue weighted by atomic mass is 10.1. The Labute approximate surface area is 112 Å². The maximum absolute atomic E-state index is 11.3. The van der Waals surface area contributed by atoms with Crippen molar-refractivity contribution in [1.29, 1.82) is 0 Å². The van der Waals surface area contributed by atoms with Gasteiger partial charge in [0.05, 0.1) is 0 Å². The van der Waals surface area contributed by atoms with Crippen molar-refractivity contribution in [2.24, 2.45) is 0 Å². The number of thioether (sulfide) groups is 1. The van der Waals surface area contributed by atoms with Crippen LogP contribution in [0.2, 0.25) is 0 Å². The van der Waals surface area contributed by atoms with E-state index in [1.54, 1.807) is 11.8 Å². The molecule has 1 rings (SSSR count). The van der Waals surface area contributed by atoms with E-state index in [1.165, 1.54) is 18.2 Å². The summed E-state index contributed by atoms with van der Waals surface area (Å²) >= 11 is 1.61. The van der Waals surface area contributed by atoms with Crippen LogP contribution in [0.1, 0.15) is 17.5 Å². The highest BCUT2D eigenvalue weighted by Crippen LogP contribution is 2.21. The van der Waals surface area contributed by atoms with Crippen LogP contribution in [0, 0.1) is 13.8 Å². The van der Waals surface area contributed by atoms with Crippen LogP contribution in [-0.4, -0.2) is 24.7 Å². The summed E-state index contributed by atoms with van der Waals surface area (Å²) in [7, 11) is 1.48. The van der Waals surface area contributed by atoms with Gasteiger partial charge in [-0.05, 0) is 37.1 Å². The fourth-order valence-corrected chi connectivity index (χ4v) is 2.26. The van der Waals surface area contributed by atoms with Gasteiger partial charge in [0.2, 0.25) is 5.91 Å². The van der Waals surface area contributed by atoms with E-state index in [4.69, 9.17) is 0 Å². The Morgan fingerprint density at radius 1 is 1.22 bits per heavy atom. The molecule has 2 N–H and O–H groups in total. The number of hydrogen-bond donors (Lipinski definition) is 2. The Balaban J connectivity index is 2.35. The summed E-state index contributed by atoms with van der Waals surface area (Å²) in [6.45, 7) is 4.14. The number of rotatable bonds is 4. The number of benzene rings is 1. The number of amides is 3. The molecular formula is C13H18N2O2S. The van der Waals surface area contributed by atoms with Gasteiger partial charge >= 0.3 is 6.03 Å². The number of imide groups is 1. The topological polar surface area (TPSA) is 58.2 Å². The van der Waals surface area contributed by atoms with Gasteiger partial charge in [-0.2, -0.15) is 0 Å². The minimum Gasteiger partial charge on any atom is -0.341 e. The van der Waals surface area contributed by atoms with E-state index < -0.39 is 6.03 Å². The zero-order valence-corrected chi connectivity index (χ0v) is 11.7. The molecule has 1 aromatic rings. The smallest absolute Gasteiger partial charge is 0.321 e. The molecule has 0 unspecified atom stereocenters. The average molecular weight is 266 g/mol. The van der Waals surface area contributed by atoms with E-state index in [9.17, 15) is 9.59 Å². The van der Waals surface area contributed by atoms with Crippen molar-refractivity contribution in [1.82, 2.24) is 10.6 Å². The van der Waals surface area contributed by atoms with Crippen LogP contribution < -0.4 is 10.6 Å². The molecule has 0 spiro atoms. The van der Waals surface area contributed by atoms with E-state index in [-0.39, 0.29) is 5.91 Å². The molecular weight excluding hydrogens is 248 g/mol. The number of carbonyl (C=O) groups excluding carboxylic acids is 2. The molecule has 3 amide bonds. The summed E-state index contributed by atoms with van der Waals surface area (Å²) in [5.41, 5.74) is 2.51. The first kappa shape index (κ1) is 14.6. The summed E-state index contributed by atoms with van der Waals surface area (Å²) in [6.07, 6.45) is 0.324. The summed E-state index contributed by atoms with van der Waals surface area (Å²) < 4.78 is 0. The molecule has 4 nitrogen and oxygen atoms in total. The minimum absolute atomic E-state index is 0.259. The number of urea groups is 1. The van der Waals surface area contributed by atoms with E-state index in [2.05, 4.69) is 36.6 Å². The number of carbonyl (C=O) groups is 2. The lowest BCUT2D eigenvalue weighted by Crippen LogP contribution is -2.37. The van der Waals surface area contributed by atoms with Gasteiger partial charge in [-0.15, -0.1) is 11.8 Å². The molecule has 0 atom stereocenters. The summed E-state index contributed by atoms with van der Waals surface area (Å²) in [5.74, 6) is 0.399. The first-order valence-electron chi connectivity index (χ1n) is 5.74. The van der Waals surface area contributed by atoms with Gasteiger partial charge in [0.25, 0.3) is 0 Å². The number of aryl methyl sites for hydroxylation is 2. The van der Waals surface area contributed by atoms with Gasteiger partial charge in [0.1, 0.15) is 0 Å². The van der Waals surface area contributed by atoms with E-state index in [0.717, 1.165) is 4.90 Å². The Bertz CT molecular complexity index is 447. The molecule has 0 aliphatic heterocycles. The highest BCUT2D eigenvalue weighted by Gasteiger charge is 2.05. The predicted molar refractivity (Wildman–Crippen MR) is 73.9 cm³/mol. The van der Waals surface area contributed by atoms with Gasteiger partial charge in [-0.1, -0.05) is 6.07 Å². The number of nitrogens with one attached hydrogen (secondary N) is 2. The fourth-order valence-electron chi connectivity index (χ4n) is 1.32. The lowest BCUT2D eigenvalue weighted by molar-refractivity contribution is -0.119. The van der Waals surface area contributed by atoms with Crippen LogP contribution in [0.5, 0.6) is 0 Å². The third kappa shape index (κ3) is 4.79. The minimum atomic E-state index is -0.462. The third-order valence-corrected chi connectivity index (χ3v) is 3.55. The van der Waals surface area contributed by atoms with Crippen molar-refractivity contribution in [2.45, 2.75) is 25.2 Å². The Morgan fingerprint density at radius 3 is 2.56 bits per heavy atom. The summed E-state index contributed by atoms with van der Waals surface area (Å²) in [5, 5.41) is 4.57. The van der Waals surface area contributed by atoms with Gasteiger partial charge in [-0.3, -0.25) is 10.1 Å². The largest absolute Gasteiger partial charge is 0.341 e. The van der Waals surface area contributed by atoms with Crippen LogP contribution in [-0.2, 0) is 4.79 Å². The molecule has 98 valence electrons. The van der Waals surface area contributed by atoms with Crippen molar-refractivity contribution in [3.05, 3.63) is 29.3 Å². The molecule has 1 aromatic carbocycles. The molecule has 5 heteroatoms. The van der Waals surface area contributed by atoms with Crippen molar-refractivity contribution in [2.75, 3.05) is 12.8 Å². The fraction of sp³-hybridized carbons (Fsp3) is 0.385. The number of hydrogen-bond acceptors (Lipinski definition) is 3. The Kier molecular flexibility index (Phi) is 5.71. The van der Waals surface area contributed by atoms with Gasteiger partial charge in [0.15, 0.2) is 0 Å². The van der Waals surface area contributed by atoms with Crippen molar-refractivity contribution >= 4 is 23.7 Å². The van der Waals surface area contributed by atoms with Crippen LogP contribution in [0.15, 0.2) is 23.1 Å². The standard InChI is InChI=1S/C13H18N2O2S/c1-9-4-5-11(8-10(9)2)18-7-6-12(16)15-13(17)14-3/h4-5,8H,6-7H2,1-3H3,(H2,14,15,16,17). The molecule has 0 aliphatic carbocycles. The second-order valence-electron chi connectivity index (χ2n) is 3.97. The zero-order chi connectivity index (χ0) is 13.5. The second kappa shape index (κ2) is 7.06. The monoisotopic (exact) mass is 266 g/mol. The molecule has 18 heavy (non-hydrogen) atoms. The summed E-state index contributed by atoms with van der Waals surface area (Å²) in [4.78, 5) is 23.4. The zero-order valence-electron chi connectivity index (χ0n) is 10.9. The van der Waals surface area contributed by atoms with Crippen LogP contribution in [0.25, 0.3) is 0 Å². The van der Waals surface area contributed by atoms with Crippen molar-refractivity contribution in [3.8, 4) is 0 Å². The second-order valence-corrected chi connectivity index (χ2v) is 5.14. The highest BCUT2D eigenvalue weighted by molar-refractivity contribution is 7.99. The van der Waals surface area contributed by atoms with E-state index in [0.29, 0.717) is 12.2 Å². The van der Waals surface area contributed by atoms with E-state index >= 15 is 0 Å². The van der Waals surface area contributed by atoms with Gasteiger partial charge in [0, 0.05) is 24.1 Å². The van der Waals surface area contributed by atoms with Crippen LogP contribution in [0.3, 0.4) is 0 Å². The van der Waals surface area contributed by atoms with Gasteiger partial charge in [-0.25, -0.2) is 4.79 Å². The molecule has 0 bridgehead atoms. The molecule has 0 aliphatic rings. The Hall–Kier alpha value is -1.49. The Morgan fingerprint density at radius 2 is 1.94 bits per heavy atom. The SMILES string of the molecule is CNC(=O)NC(=O)CCSc1ccc(C)c(C)c1. The molecule has 0 aromatic heterocycles. The molecule has 0 saturated heterocycles. The average Bonchev–Trinajstić information content (AvgIpc) is 2.33. The van der Waals surface area contributed by atoms with Crippen LogP contribution >= 0.6 is 11.8 Å². The highest BCUT2D eigenvalue weighted by atomic mass is 32.2. The molecule has 0 fully saturated rings. The van der Waals surface area contributed by atoms with Crippen molar-refractivity contribution in [3.63, 3.8) is 0 Å². The maximum atomic E-state index is 11.3. The van der Waals surface area contributed by atoms with Crippen molar-refractivity contribution < 1.29 is 9.59 Å². The van der Waals surface area contributed by atoms with Crippen LogP contribution in [0.4, 0.5) is 4.79 Å². The first-order chi connectivity index (χ1) is 8.52. The molecule has 0 radical (unpaired) electrons. The quantitative estimate of drug-likeness (QED) is 0.822. The third-order valence-electron chi connectivity index (χ3n) is 2.56. The molecule has 0 heterocycles. The first-order valence-corrected chi connectivity index (χ1v) is 6.73. The maximum Gasteiger partial charge on any atom is 0.321 e.